The summed E-state index contributed by atoms with van der Waals surface area (Å²) < 4.78 is 33.7. The summed E-state index contributed by atoms with van der Waals surface area (Å²) in [6.45, 7) is 1.36. The van der Waals surface area contributed by atoms with Crippen LogP contribution in [0.3, 0.4) is 0 Å². The average Bonchev–Trinajstić information content (AvgIpc) is 2.83. The van der Waals surface area contributed by atoms with Gasteiger partial charge in [-0.15, -0.1) is 0 Å². The van der Waals surface area contributed by atoms with Crippen LogP contribution in [0.25, 0.3) is 0 Å². The van der Waals surface area contributed by atoms with Gasteiger partial charge in [-0.3, -0.25) is 9.10 Å². The van der Waals surface area contributed by atoms with Crippen LogP contribution in [0.4, 0.5) is 5.69 Å². The lowest BCUT2D eigenvalue weighted by atomic mass is 9.93. The first-order chi connectivity index (χ1) is 15.8. The molecule has 0 saturated carbocycles. The molecule has 172 valence electrons. The van der Waals surface area contributed by atoms with E-state index in [9.17, 15) is 18.3 Å². The number of hydrogen-bond donors (Lipinski definition) is 1. The molecule has 3 aromatic rings. The van der Waals surface area contributed by atoms with Crippen molar-refractivity contribution in [3.05, 3.63) is 83.0 Å². The van der Waals surface area contributed by atoms with Crippen LogP contribution in [0.2, 0.25) is 5.02 Å². The Kier molecular flexibility index (Phi) is 6.69. The zero-order valence-electron chi connectivity index (χ0n) is 17.9. The highest BCUT2D eigenvalue weighted by Gasteiger charge is 2.35. The number of ether oxygens (including phenoxy) is 1. The fraction of sp³-hybridized carbons (Fsp3) is 0.250. The number of aliphatic hydroxyl groups excluding tert-OH is 1. The lowest BCUT2D eigenvalue weighted by molar-refractivity contribution is -0.119. The Morgan fingerprint density at radius 2 is 1.97 bits per heavy atom. The fourth-order valence-corrected chi connectivity index (χ4v) is 5.47. The predicted molar refractivity (Wildman–Crippen MR) is 125 cm³/mol. The highest BCUT2D eigenvalue weighted by Crippen LogP contribution is 2.36. The molecule has 0 aliphatic carbocycles. The lowest BCUT2D eigenvalue weighted by Crippen LogP contribution is -2.45. The van der Waals surface area contributed by atoms with E-state index in [1.54, 1.807) is 18.2 Å². The Morgan fingerprint density at radius 1 is 1.21 bits per heavy atom. The molecular weight excluding hydrogens is 464 g/mol. The number of aliphatic hydroxyl groups is 1. The summed E-state index contributed by atoms with van der Waals surface area (Å²) in [6.07, 6.45) is 0.813. The van der Waals surface area contributed by atoms with Gasteiger partial charge in [0.15, 0.2) is 0 Å². The van der Waals surface area contributed by atoms with E-state index in [-0.39, 0.29) is 52.8 Å². The first-order valence-electron chi connectivity index (χ1n) is 10.4. The lowest BCUT2D eigenvalue weighted by Gasteiger charge is -2.34. The van der Waals surface area contributed by atoms with Crippen LogP contribution in [-0.4, -0.2) is 43.5 Å². The largest absolute Gasteiger partial charge is 0.468 e. The van der Waals surface area contributed by atoms with E-state index in [0.717, 1.165) is 9.87 Å². The number of halogens is 1. The molecule has 33 heavy (non-hydrogen) atoms. The molecule has 0 bridgehead atoms. The second-order valence-electron chi connectivity index (χ2n) is 7.86. The van der Waals surface area contributed by atoms with Gasteiger partial charge in [-0.05, 0) is 35.4 Å². The van der Waals surface area contributed by atoms with Gasteiger partial charge >= 0.3 is 0 Å². The normalized spacial score (nSPS) is 16.6. The minimum absolute atomic E-state index is 0.0127. The van der Waals surface area contributed by atoms with Gasteiger partial charge in [-0.2, -0.15) is 0 Å². The summed E-state index contributed by atoms with van der Waals surface area (Å²) in [5, 5.41) is 9.91. The maximum atomic E-state index is 13.4. The second-order valence-corrected chi connectivity index (χ2v) is 10.2. The van der Waals surface area contributed by atoms with Gasteiger partial charge in [0.1, 0.15) is 17.6 Å². The third kappa shape index (κ3) is 4.88. The van der Waals surface area contributed by atoms with Crippen LogP contribution in [0, 0.1) is 0 Å². The van der Waals surface area contributed by atoms with Crippen LogP contribution in [0.1, 0.15) is 24.0 Å². The second kappa shape index (κ2) is 9.51. The van der Waals surface area contributed by atoms with Gasteiger partial charge < -0.3 is 9.84 Å². The Morgan fingerprint density at radius 3 is 2.67 bits per heavy atom. The van der Waals surface area contributed by atoms with E-state index in [0.29, 0.717) is 5.56 Å². The molecule has 0 unspecified atom stereocenters. The molecule has 1 N–H and O–H groups in total. The van der Waals surface area contributed by atoms with Crippen molar-refractivity contribution in [2.75, 3.05) is 17.5 Å². The molecule has 0 radical (unpaired) electrons. The number of pyridine rings is 1. The van der Waals surface area contributed by atoms with E-state index in [4.69, 9.17) is 16.3 Å². The summed E-state index contributed by atoms with van der Waals surface area (Å²) >= 11 is 6.01. The number of carbonyl (C=O) groups excluding carboxylic acids is 1. The van der Waals surface area contributed by atoms with Crippen LogP contribution >= 0.6 is 11.6 Å². The smallest absolute Gasteiger partial charge is 0.264 e. The molecule has 9 heteroatoms. The summed E-state index contributed by atoms with van der Waals surface area (Å²) in [5.74, 6) is -0.251. The zero-order valence-corrected chi connectivity index (χ0v) is 19.5. The number of carbonyl (C=O) groups is 1. The maximum Gasteiger partial charge on any atom is 0.264 e. The molecule has 0 spiro atoms. The molecule has 2 atom stereocenters. The van der Waals surface area contributed by atoms with Gasteiger partial charge in [-0.1, -0.05) is 54.9 Å². The number of benzene rings is 2. The van der Waals surface area contributed by atoms with Gasteiger partial charge in [0, 0.05) is 23.6 Å². The van der Waals surface area contributed by atoms with Gasteiger partial charge in [0.25, 0.3) is 10.0 Å². The fourth-order valence-electron chi connectivity index (χ4n) is 3.69. The number of fused-ring (bicyclic) bond motifs is 1. The minimum atomic E-state index is -4.01. The monoisotopic (exact) mass is 486 g/mol. The number of anilines is 1. The quantitative estimate of drug-likeness (QED) is 0.548. The highest BCUT2D eigenvalue weighted by molar-refractivity contribution is 7.92. The number of aromatic nitrogens is 1. The summed E-state index contributed by atoms with van der Waals surface area (Å²) in [4.78, 5) is 17.2. The van der Waals surface area contributed by atoms with Crippen molar-refractivity contribution < 1.29 is 23.1 Å². The van der Waals surface area contributed by atoms with Gasteiger partial charge in [0.05, 0.1) is 18.0 Å². The van der Waals surface area contributed by atoms with Crippen molar-refractivity contribution in [1.82, 2.24) is 4.98 Å². The van der Waals surface area contributed by atoms with Crippen molar-refractivity contribution >= 4 is 33.1 Å². The molecule has 1 aliphatic heterocycles. The number of Topliss-reactive ketones (excluding diaryl/α,β-unsaturated/α-hetero) is 1. The molecule has 0 fully saturated rings. The van der Waals surface area contributed by atoms with Crippen LogP contribution in [0.5, 0.6) is 5.88 Å². The molecule has 2 aromatic carbocycles. The molecule has 0 saturated heterocycles. The summed E-state index contributed by atoms with van der Waals surface area (Å²) in [7, 11) is -4.01. The number of sulfonamides is 1. The molecule has 7 nitrogen and oxygen atoms in total. The number of rotatable bonds is 7. The molecular formula is C24H23ClN2O5S. The van der Waals surface area contributed by atoms with E-state index in [1.165, 1.54) is 18.3 Å². The molecule has 0 amide bonds. The average molecular weight is 487 g/mol. The molecule has 1 aliphatic rings. The van der Waals surface area contributed by atoms with Crippen LogP contribution in [0.15, 0.2) is 71.8 Å². The topological polar surface area (TPSA) is 96.8 Å². The molecule has 4 rings (SSSR count). The highest BCUT2D eigenvalue weighted by atomic mass is 35.5. The van der Waals surface area contributed by atoms with Crippen molar-refractivity contribution in [1.29, 1.82) is 0 Å². The maximum absolute atomic E-state index is 13.4. The first kappa shape index (κ1) is 23.2. The first-order valence-corrected chi connectivity index (χ1v) is 12.2. The molecule has 2 heterocycles. The SMILES string of the molecule is C[C@H](C(=O)Cc1cnc2c(c1)N(S(=O)(=O)c1cccc(Cl)c1)C[C@H](CO)O2)c1ccccc1. The Hall–Kier alpha value is -2.94. The molecule has 1 aromatic heterocycles. The Balaban J connectivity index is 1.67. The van der Waals surface area contributed by atoms with E-state index < -0.39 is 16.1 Å². The third-order valence-electron chi connectivity index (χ3n) is 5.55. The van der Waals surface area contributed by atoms with Crippen molar-refractivity contribution in [3.63, 3.8) is 0 Å². The summed E-state index contributed by atoms with van der Waals surface area (Å²) in [5.41, 5.74) is 1.70. The van der Waals surface area contributed by atoms with E-state index in [1.807, 2.05) is 37.3 Å². The van der Waals surface area contributed by atoms with E-state index in [2.05, 4.69) is 4.98 Å². The predicted octanol–water partition coefficient (Wildman–Crippen LogP) is 3.60. The minimum Gasteiger partial charge on any atom is -0.468 e. The van der Waals surface area contributed by atoms with Crippen molar-refractivity contribution in [2.45, 2.75) is 30.3 Å². The van der Waals surface area contributed by atoms with Crippen molar-refractivity contribution in [3.8, 4) is 5.88 Å². The summed E-state index contributed by atoms with van der Waals surface area (Å²) in [6, 6.07) is 17.0. The number of nitrogens with zero attached hydrogens (tertiary/aromatic N) is 2. The van der Waals surface area contributed by atoms with Crippen LogP contribution in [-0.2, 0) is 21.2 Å². The van der Waals surface area contributed by atoms with Gasteiger partial charge in [-0.25, -0.2) is 13.4 Å². The Labute approximate surface area is 197 Å². The van der Waals surface area contributed by atoms with Gasteiger partial charge in [0.2, 0.25) is 5.88 Å². The Bertz CT molecular complexity index is 1270. The number of ketones is 1. The number of hydrogen-bond acceptors (Lipinski definition) is 6. The van der Waals surface area contributed by atoms with Crippen LogP contribution < -0.4 is 9.04 Å². The van der Waals surface area contributed by atoms with Crippen molar-refractivity contribution in [2.24, 2.45) is 0 Å². The zero-order chi connectivity index (χ0) is 23.6. The third-order valence-corrected chi connectivity index (χ3v) is 7.56. The van der Waals surface area contributed by atoms with E-state index >= 15 is 0 Å². The standard InChI is InChI=1S/C24H23ClN2O5S/c1-16(18-6-3-2-4-7-18)23(29)11-17-10-22-24(26-13-17)32-20(15-28)14-27(22)33(30,31)21-9-5-8-19(25)12-21/h2-10,12-13,16,20,28H,11,14-15H2,1H3/t16-,20+/m0/s1.